The van der Waals surface area contributed by atoms with Crippen LogP contribution in [0.1, 0.15) is 17.8 Å². The van der Waals surface area contributed by atoms with Crippen molar-refractivity contribution in [2.45, 2.75) is 24.9 Å². The highest BCUT2D eigenvalue weighted by atomic mass is 35.5. The average Bonchev–Trinajstić information content (AvgIpc) is 2.97. The molecule has 1 fully saturated rings. The number of ether oxygens (including phenoxy) is 1. The molecule has 2 N–H and O–H groups in total. The van der Waals surface area contributed by atoms with Crippen molar-refractivity contribution in [3.8, 4) is 0 Å². The van der Waals surface area contributed by atoms with Gasteiger partial charge in [-0.05, 0) is 44.1 Å². The van der Waals surface area contributed by atoms with E-state index in [1.165, 1.54) is 0 Å². The van der Waals surface area contributed by atoms with Crippen LogP contribution in [0.25, 0.3) is 10.2 Å². The number of rotatable bonds is 5. The van der Waals surface area contributed by atoms with E-state index in [4.69, 9.17) is 16.3 Å². The van der Waals surface area contributed by atoms with Gasteiger partial charge in [0.25, 0.3) is 5.91 Å². The second-order valence-electron chi connectivity index (χ2n) is 5.67. The number of halogens is 2. The first-order chi connectivity index (χ1) is 11.1. The zero-order valence-electron chi connectivity index (χ0n) is 13.4. The van der Waals surface area contributed by atoms with Crippen molar-refractivity contribution in [2.75, 3.05) is 26.7 Å². The van der Waals surface area contributed by atoms with Gasteiger partial charge in [-0.3, -0.25) is 4.79 Å². The Kier molecular flexibility index (Phi) is 6.83. The van der Waals surface area contributed by atoms with E-state index in [9.17, 15) is 4.79 Å². The van der Waals surface area contributed by atoms with Gasteiger partial charge in [0, 0.05) is 25.1 Å². The van der Waals surface area contributed by atoms with Crippen molar-refractivity contribution < 1.29 is 9.53 Å². The maximum atomic E-state index is 12.5. The Bertz CT molecular complexity index is 702. The summed E-state index contributed by atoms with van der Waals surface area (Å²) in [6, 6.07) is 5.71. The third kappa shape index (κ3) is 4.18. The number of hydrogen-bond donors (Lipinski definition) is 2. The van der Waals surface area contributed by atoms with E-state index in [0.717, 1.165) is 28.3 Å². The molecule has 1 saturated heterocycles. The first kappa shape index (κ1) is 19.4. The average molecular weight is 390 g/mol. The van der Waals surface area contributed by atoms with Gasteiger partial charge < -0.3 is 15.4 Å². The molecule has 3 rings (SSSR count). The third-order valence-corrected chi connectivity index (χ3v) is 5.57. The summed E-state index contributed by atoms with van der Waals surface area (Å²) in [6.45, 7) is 2.17. The Morgan fingerprint density at radius 1 is 1.46 bits per heavy atom. The molecule has 0 saturated carbocycles. The molecule has 132 valence electrons. The molecule has 0 atom stereocenters. The molecule has 24 heavy (non-hydrogen) atoms. The summed E-state index contributed by atoms with van der Waals surface area (Å²) >= 11 is 7.62. The number of piperidine rings is 1. The van der Waals surface area contributed by atoms with Crippen molar-refractivity contribution in [1.82, 2.24) is 15.6 Å². The summed E-state index contributed by atoms with van der Waals surface area (Å²) < 4.78 is 6.64. The summed E-state index contributed by atoms with van der Waals surface area (Å²) in [6.07, 6.45) is 2.12. The maximum Gasteiger partial charge on any atom is 0.252 e. The molecule has 0 unspecified atom stereocenters. The fraction of sp³-hybridized carbons (Fsp3) is 0.500. The molecular formula is C16H21Cl2N3O2S. The van der Waals surface area contributed by atoms with Gasteiger partial charge in [0.15, 0.2) is 0 Å². The topological polar surface area (TPSA) is 63.2 Å². The van der Waals surface area contributed by atoms with Crippen LogP contribution in [0.15, 0.2) is 18.2 Å². The van der Waals surface area contributed by atoms with Gasteiger partial charge in [-0.25, -0.2) is 4.98 Å². The van der Waals surface area contributed by atoms with Gasteiger partial charge in [0.2, 0.25) is 0 Å². The minimum absolute atomic E-state index is 0. The minimum atomic E-state index is -0.688. The van der Waals surface area contributed by atoms with Crippen LogP contribution in [0.3, 0.4) is 0 Å². The van der Waals surface area contributed by atoms with Crippen molar-refractivity contribution in [3.63, 3.8) is 0 Å². The van der Waals surface area contributed by atoms with Crippen LogP contribution in [0.5, 0.6) is 0 Å². The molecule has 8 heteroatoms. The number of nitrogens with one attached hydrogen (secondary N) is 2. The Balaban J connectivity index is 0.00000208. The zero-order valence-corrected chi connectivity index (χ0v) is 15.8. The van der Waals surface area contributed by atoms with Crippen molar-refractivity contribution in [3.05, 3.63) is 28.2 Å². The Hall–Kier alpha value is -0.920. The molecule has 1 amide bonds. The summed E-state index contributed by atoms with van der Waals surface area (Å²) in [5.41, 5.74) is 0.224. The lowest BCUT2D eigenvalue weighted by Gasteiger charge is -2.34. The Labute approximate surface area is 156 Å². The number of thiazole rings is 1. The number of hydrogen-bond acceptors (Lipinski definition) is 5. The molecule has 2 aromatic rings. The van der Waals surface area contributed by atoms with Crippen LogP contribution < -0.4 is 10.6 Å². The molecule has 1 aromatic heterocycles. The van der Waals surface area contributed by atoms with Crippen LogP contribution >= 0.6 is 35.3 Å². The second-order valence-corrected chi connectivity index (χ2v) is 7.23. The highest BCUT2D eigenvalue weighted by Gasteiger charge is 2.39. The molecular weight excluding hydrogens is 369 g/mol. The number of benzene rings is 1. The predicted molar refractivity (Wildman–Crippen MR) is 100 cm³/mol. The van der Waals surface area contributed by atoms with Crippen molar-refractivity contribution in [1.29, 1.82) is 0 Å². The third-order valence-electron chi connectivity index (χ3n) is 4.23. The first-order valence-electron chi connectivity index (χ1n) is 7.72. The maximum absolute atomic E-state index is 12.5. The molecule has 0 bridgehead atoms. The van der Waals surface area contributed by atoms with E-state index in [2.05, 4.69) is 15.6 Å². The molecule has 1 aromatic carbocycles. The van der Waals surface area contributed by atoms with E-state index in [-0.39, 0.29) is 18.3 Å². The molecule has 1 aliphatic heterocycles. The van der Waals surface area contributed by atoms with Gasteiger partial charge in [-0.2, -0.15) is 0 Å². The van der Waals surface area contributed by atoms with E-state index in [1.807, 2.05) is 18.2 Å². The largest absolute Gasteiger partial charge is 0.368 e. The van der Waals surface area contributed by atoms with Gasteiger partial charge >= 0.3 is 0 Å². The lowest BCUT2D eigenvalue weighted by atomic mass is 9.91. The quantitative estimate of drug-likeness (QED) is 0.824. The number of nitrogens with zero attached hydrogens (tertiary/aromatic N) is 1. The van der Waals surface area contributed by atoms with Gasteiger partial charge in [0.1, 0.15) is 5.60 Å². The van der Waals surface area contributed by atoms with E-state index in [0.29, 0.717) is 30.8 Å². The lowest BCUT2D eigenvalue weighted by Crippen LogP contribution is -2.54. The fourth-order valence-electron chi connectivity index (χ4n) is 2.85. The number of fused-ring (bicyclic) bond motifs is 1. The van der Waals surface area contributed by atoms with Crippen LogP contribution in [0.2, 0.25) is 5.02 Å². The molecule has 2 heterocycles. The SMILES string of the molecule is COC1(C(=O)NCCc2nc3cc(Cl)ccc3s2)CCNCC1.Cl. The van der Waals surface area contributed by atoms with E-state index in [1.54, 1.807) is 18.4 Å². The lowest BCUT2D eigenvalue weighted by molar-refractivity contribution is -0.146. The summed E-state index contributed by atoms with van der Waals surface area (Å²) in [5.74, 6) is -0.0225. The highest BCUT2D eigenvalue weighted by molar-refractivity contribution is 7.18. The fourth-order valence-corrected chi connectivity index (χ4v) is 3.97. The smallest absolute Gasteiger partial charge is 0.252 e. The Morgan fingerprint density at radius 2 is 2.21 bits per heavy atom. The van der Waals surface area contributed by atoms with E-state index < -0.39 is 5.60 Å². The van der Waals surface area contributed by atoms with Crippen LogP contribution in [-0.4, -0.2) is 43.2 Å². The second kappa shape index (κ2) is 8.45. The molecule has 1 aliphatic rings. The highest BCUT2D eigenvalue weighted by Crippen LogP contribution is 2.25. The Morgan fingerprint density at radius 3 is 2.92 bits per heavy atom. The van der Waals surface area contributed by atoms with Crippen molar-refractivity contribution in [2.24, 2.45) is 0 Å². The molecule has 5 nitrogen and oxygen atoms in total. The summed E-state index contributed by atoms with van der Waals surface area (Å²) in [7, 11) is 1.61. The standard InChI is InChI=1S/C16H20ClN3O2S.ClH/c1-22-16(5-8-18-9-6-16)15(21)19-7-4-14-20-12-10-11(17)2-3-13(12)23-14;/h2-3,10,18H,4-9H2,1H3,(H,19,21);1H. The monoisotopic (exact) mass is 389 g/mol. The van der Waals surface area contributed by atoms with Gasteiger partial charge in [-0.15, -0.1) is 23.7 Å². The van der Waals surface area contributed by atoms with Gasteiger partial charge in [0.05, 0.1) is 15.2 Å². The molecule has 0 aliphatic carbocycles. The molecule has 0 spiro atoms. The van der Waals surface area contributed by atoms with Crippen molar-refractivity contribution >= 4 is 51.5 Å². The van der Waals surface area contributed by atoms with Crippen LogP contribution in [0, 0.1) is 0 Å². The van der Waals surface area contributed by atoms with Crippen LogP contribution in [-0.2, 0) is 16.0 Å². The normalized spacial score (nSPS) is 16.6. The number of methoxy groups -OCH3 is 1. The van der Waals surface area contributed by atoms with Crippen LogP contribution in [0.4, 0.5) is 0 Å². The number of aromatic nitrogens is 1. The zero-order chi connectivity index (χ0) is 16.3. The minimum Gasteiger partial charge on any atom is -0.368 e. The van der Waals surface area contributed by atoms with E-state index >= 15 is 0 Å². The van der Waals surface area contributed by atoms with Gasteiger partial charge in [-0.1, -0.05) is 11.6 Å². The predicted octanol–water partition coefficient (Wildman–Crippen LogP) is 2.80. The first-order valence-corrected chi connectivity index (χ1v) is 8.91. The number of carbonyl (C=O) groups excluding carboxylic acids is 1. The molecule has 0 radical (unpaired) electrons. The summed E-state index contributed by atoms with van der Waals surface area (Å²) in [5, 5.41) is 7.94. The number of carbonyl (C=O) groups is 1. The summed E-state index contributed by atoms with van der Waals surface area (Å²) in [4.78, 5) is 17.0. The number of amides is 1.